The molecule has 0 aromatic carbocycles. The quantitative estimate of drug-likeness (QED) is 0.679. The van der Waals surface area contributed by atoms with Crippen LogP contribution in [0.4, 0.5) is 0 Å². The summed E-state index contributed by atoms with van der Waals surface area (Å²) in [5, 5.41) is 0.693. The van der Waals surface area contributed by atoms with E-state index in [-0.39, 0.29) is 5.92 Å². The van der Waals surface area contributed by atoms with E-state index in [0.717, 1.165) is 25.7 Å². The summed E-state index contributed by atoms with van der Waals surface area (Å²) in [5.41, 5.74) is 0. The molecule has 2 rings (SSSR count). The molecule has 2 fully saturated rings. The molecule has 2 saturated heterocycles. The molecular weight excluding hydrogens is 184 g/mol. The number of rotatable bonds is 2. The highest BCUT2D eigenvalue weighted by molar-refractivity contribution is 7.86. The first-order valence-electron chi connectivity index (χ1n) is 5.14. The molecule has 0 radical (unpaired) electrons. The van der Waals surface area contributed by atoms with Crippen LogP contribution in [0.3, 0.4) is 0 Å². The topological polar surface area (TPSA) is 34.1 Å². The molecule has 0 aliphatic carbocycles. The molecule has 2 aliphatic rings. The SMILES string of the molecule is CCC(=O)C1CC2CCC(C1)S2=O. The van der Waals surface area contributed by atoms with Crippen molar-refractivity contribution in [3.8, 4) is 0 Å². The third-order valence-corrected chi connectivity index (χ3v) is 5.54. The average molecular weight is 200 g/mol. The third-order valence-electron chi connectivity index (χ3n) is 3.37. The summed E-state index contributed by atoms with van der Waals surface area (Å²) in [5.74, 6) is 0.619. The first-order chi connectivity index (χ1) is 6.22. The molecule has 2 bridgehead atoms. The number of carbonyl (C=O) groups excluding carboxylic acids is 1. The van der Waals surface area contributed by atoms with Crippen LogP contribution >= 0.6 is 0 Å². The third kappa shape index (κ3) is 1.58. The number of ketones is 1. The van der Waals surface area contributed by atoms with Crippen LogP contribution in [0.25, 0.3) is 0 Å². The van der Waals surface area contributed by atoms with Crippen molar-refractivity contribution in [1.82, 2.24) is 0 Å². The summed E-state index contributed by atoms with van der Waals surface area (Å²) in [6, 6.07) is 0. The zero-order valence-electron chi connectivity index (χ0n) is 7.99. The minimum atomic E-state index is -0.610. The van der Waals surface area contributed by atoms with Crippen LogP contribution in [-0.4, -0.2) is 20.5 Å². The Bertz CT molecular complexity index is 233. The summed E-state index contributed by atoms with van der Waals surface area (Å²) >= 11 is 0. The Labute approximate surface area is 81.5 Å². The molecule has 0 amide bonds. The van der Waals surface area contributed by atoms with Gasteiger partial charge in [-0.25, -0.2) is 0 Å². The van der Waals surface area contributed by atoms with Gasteiger partial charge in [0.2, 0.25) is 0 Å². The molecule has 2 atom stereocenters. The van der Waals surface area contributed by atoms with Gasteiger partial charge in [-0.1, -0.05) is 6.92 Å². The fraction of sp³-hybridized carbons (Fsp3) is 0.900. The molecule has 2 aliphatic heterocycles. The van der Waals surface area contributed by atoms with E-state index in [9.17, 15) is 9.00 Å². The summed E-state index contributed by atoms with van der Waals surface area (Å²) in [4.78, 5) is 11.5. The first kappa shape index (κ1) is 9.38. The molecule has 0 N–H and O–H groups in total. The van der Waals surface area contributed by atoms with Crippen LogP contribution in [0.2, 0.25) is 0 Å². The van der Waals surface area contributed by atoms with Gasteiger partial charge in [0.15, 0.2) is 0 Å². The smallest absolute Gasteiger partial charge is 0.135 e. The summed E-state index contributed by atoms with van der Waals surface area (Å²) in [6.45, 7) is 1.93. The Morgan fingerprint density at radius 3 is 2.31 bits per heavy atom. The molecule has 0 spiro atoms. The first-order valence-corrected chi connectivity index (χ1v) is 6.42. The Morgan fingerprint density at radius 2 is 1.85 bits per heavy atom. The van der Waals surface area contributed by atoms with Crippen molar-refractivity contribution in [3.63, 3.8) is 0 Å². The number of fused-ring (bicyclic) bond motifs is 2. The number of carbonyl (C=O) groups is 1. The maximum atomic E-state index is 11.6. The van der Waals surface area contributed by atoms with Gasteiger partial charge in [0, 0.05) is 33.6 Å². The van der Waals surface area contributed by atoms with Gasteiger partial charge in [-0.15, -0.1) is 0 Å². The van der Waals surface area contributed by atoms with Gasteiger partial charge in [0.1, 0.15) is 5.78 Å². The number of hydrogen-bond donors (Lipinski definition) is 0. The number of Topliss-reactive ketones (excluding diaryl/α,β-unsaturated/α-hetero) is 1. The second-order valence-electron chi connectivity index (χ2n) is 4.14. The standard InChI is InChI=1S/C10H16O2S/c1-2-10(11)7-5-8-3-4-9(6-7)13(8)12/h7-9H,2-6H2,1H3. The van der Waals surface area contributed by atoms with Crippen molar-refractivity contribution in [2.45, 2.75) is 49.5 Å². The Morgan fingerprint density at radius 1 is 1.31 bits per heavy atom. The maximum absolute atomic E-state index is 11.6. The van der Waals surface area contributed by atoms with E-state index >= 15 is 0 Å². The zero-order valence-corrected chi connectivity index (χ0v) is 8.81. The van der Waals surface area contributed by atoms with Gasteiger partial charge in [-0.2, -0.15) is 0 Å². The lowest BCUT2D eigenvalue weighted by atomic mass is 9.93. The second-order valence-corrected chi connectivity index (χ2v) is 6.13. The van der Waals surface area contributed by atoms with E-state index in [1.54, 1.807) is 0 Å². The van der Waals surface area contributed by atoms with Crippen molar-refractivity contribution in [2.75, 3.05) is 0 Å². The normalized spacial score (nSPS) is 43.5. The highest BCUT2D eigenvalue weighted by Gasteiger charge is 2.42. The molecule has 74 valence electrons. The van der Waals surface area contributed by atoms with Crippen LogP contribution < -0.4 is 0 Å². The van der Waals surface area contributed by atoms with Crippen molar-refractivity contribution >= 4 is 16.6 Å². The molecule has 2 unspecified atom stereocenters. The highest BCUT2D eigenvalue weighted by atomic mass is 32.2. The van der Waals surface area contributed by atoms with Crippen LogP contribution in [0, 0.1) is 5.92 Å². The van der Waals surface area contributed by atoms with Crippen LogP contribution in [0.5, 0.6) is 0 Å². The molecule has 0 aromatic heterocycles. The van der Waals surface area contributed by atoms with Gasteiger partial charge in [0.25, 0.3) is 0 Å². The number of hydrogen-bond acceptors (Lipinski definition) is 2. The summed E-state index contributed by atoms with van der Waals surface area (Å²) in [6.07, 6.45) is 4.62. The molecule has 2 heterocycles. The molecule has 3 heteroatoms. The second kappa shape index (κ2) is 3.52. The maximum Gasteiger partial charge on any atom is 0.135 e. The molecule has 13 heavy (non-hydrogen) atoms. The molecule has 2 nitrogen and oxygen atoms in total. The van der Waals surface area contributed by atoms with Gasteiger partial charge in [-0.05, 0) is 25.7 Å². The summed E-state index contributed by atoms with van der Waals surface area (Å²) in [7, 11) is -0.610. The molecular formula is C10H16O2S. The Hall–Kier alpha value is -0.180. The van der Waals surface area contributed by atoms with Crippen molar-refractivity contribution in [2.24, 2.45) is 5.92 Å². The predicted octanol–water partition coefficient (Wildman–Crippen LogP) is 1.66. The van der Waals surface area contributed by atoms with E-state index in [1.165, 1.54) is 0 Å². The van der Waals surface area contributed by atoms with Crippen molar-refractivity contribution < 1.29 is 9.00 Å². The molecule has 0 saturated carbocycles. The minimum absolute atomic E-state index is 0.236. The predicted molar refractivity (Wildman–Crippen MR) is 53.0 cm³/mol. The lowest BCUT2D eigenvalue weighted by Gasteiger charge is -2.25. The van der Waals surface area contributed by atoms with E-state index in [0.29, 0.717) is 22.7 Å². The lowest BCUT2D eigenvalue weighted by molar-refractivity contribution is -0.122. The van der Waals surface area contributed by atoms with E-state index in [4.69, 9.17) is 0 Å². The minimum Gasteiger partial charge on any atom is -0.299 e. The van der Waals surface area contributed by atoms with E-state index < -0.39 is 10.8 Å². The van der Waals surface area contributed by atoms with Crippen LogP contribution in [-0.2, 0) is 15.6 Å². The molecule has 0 aromatic rings. The van der Waals surface area contributed by atoms with Gasteiger partial charge < -0.3 is 0 Å². The Kier molecular flexibility index (Phi) is 2.54. The van der Waals surface area contributed by atoms with E-state index in [2.05, 4.69) is 0 Å². The van der Waals surface area contributed by atoms with Crippen LogP contribution in [0.1, 0.15) is 39.0 Å². The van der Waals surface area contributed by atoms with Gasteiger partial charge in [0.05, 0.1) is 0 Å². The van der Waals surface area contributed by atoms with E-state index in [1.807, 2.05) is 6.92 Å². The monoisotopic (exact) mass is 200 g/mol. The fourth-order valence-corrected chi connectivity index (χ4v) is 4.71. The van der Waals surface area contributed by atoms with Crippen molar-refractivity contribution in [1.29, 1.82) is 0 Å². The van der Waals surface area contributed by atoms with Crippen LogP contribution in [0.15, 0.2) is 0 Å². The summed E-state index contributed by atoms with van der Waals surface area (Å²) < 4.78 is 11.6. The lowest BCUT2D eigenvalue weighted by Crippen LogP contribution is -2.31. The zero-order chi connectivity index (χ0) is 9.42. The van der Waals surface area contributed by atoms with Gasteiger partial charge >= 0.3 is 0 Å². The van der Waals surface area contributed by atoms with Crippen molar-refractivity contribution in [3.05, 3.63) is 0 Å². The largest absolute Gasteiger partial charge is 0.299 e. The average Bonchev–Trinajstić information content (AvgIpc) is 2.42. The fourth-order valence-electron chi connectivity index (χ4n) is 2.58. The highest BCUT2D eigenvalue weighted by Crippen LogP contribution is 2.39. The van der Waals surface area contributed by atoms with Gasteiger partial charge in [-0.3, -0.25) is 9.00 Å². The Balaban J connectivity index is 2.06.